The Kier molecular flexibility index (Phi) is 5.43. The number of carbonyl (C=O) groups is 1. The number of fused-ring (bicyclic) bond motifs is 3. The number of aromatic carboxylic acids is 1. The maximum atomic E-state index is 11.9. The molecule has 0 bridgehead atoms. The summed E-state index contributed by atoms with van der Waals surface area (Å²) in [6.07, 6.45) is 8.57. The molecular weight excluding hydrogens is 354 g/mol. The Morgan fingerprint density at radius 1 is 1.18 bits per heavy atom. The summed E-state index contributed by atoms with van der Waals surface area (Å²) in [6, 6.07) is 7.84. The number of nitrogens with zero attached hydrogens (tertiary/aromatic N) is 4. The van der Waals surface area contributed by atoms with Gasteiger partial charge in [0.25, 0.3) is 0 Å². The molecule has 1 aliphatic rings. The van der Waals surface area contributed by atoms with Gasteiger partial charge < -0.3 is 10.4 Å². The third kappa shape index (κ3) is 3.80. The molecule has 0 atom stereocenters. The van der Waals surface area contributed by atoms with Gasteiger partial charge in [-0.3, -0.25) is 14.6 Å². The number of rotatable bonds is 8. The van der Waals surface area contributed by atoms with Crippen LogP contribution in [0.15, 0.2) is 42.9 Å². The van der Waals surface area contributed by atoms with Gasteiger partial charge in [-0.15, -0.1) is 0 Å². The van der Waals surface area contributed by atoms with Crippen molar-refractivity contribution in [3.05, 3.63) is 65.4 Å². The summed E-state index contributed by atoms with van der Waals surface area (Å²) in [7, 11) is 0. The lowest BCUT2D eigenvalue weighted by molar-refractivity contribution is 0.0681. The largest absolute Gasteiger partial charge is 0.477 e. The van der Waals surface area contributed by atoms with Gasteiger partial charge in [-0.1, -0.05) is 6.07 Å². The number of carboxylic acid groups (broad SMARTS) is 1. The monoisotopic (exact) mass is 377 g/mol. The number of aryl methyl sites for hydroxylation is 2. The van der Waals surface area contributed by atoms with Crippen molar-refractivity contribution < 1.29 is 9.90 Å². The summed E-state index contributed by atoms with van der Waals surface area (Å²) < 4.78 is 1.66. The number of hydrogen-bond donors (Lipinski definition) is 2. The van der Waals surface area contributed by atoms with E-state index in [-0.39, 0.29) is 0 Å². The number of pyridine rings is 2. The van der Waals surface area contributed by atoms with Crippen LogP contribution >= 0.6 is 0 Å². The first-order valence-corrected chi connectivity index (χ1v) is 9.61. The van der Waals surface area contributed by atoms with E-state index in [9.17, 15) is 9.90 Å². The fourth-order valence-electron chi connectivity index (χ4n) is 3.71. The fourth-order valence-corrected chi connectivity index (χ4v) is 3.71. The lowest BCUT2D eigenvalue weighted by Gasteiger charge is -2.14. The zero-order chi connectivity index (χ0) is 19.3. The van der Waals surface area contributed by atoms with Gasteiger partial charge in [0.15, 0.2) is 0 Å². The molecule has 4 rings (SSSR count). The molecule has 1 aliphatic carbocycles. The van der Waals surface area contributed by atoms with Crippen molar-refractivity contribution in [2.75, 3.05) is 13.1 Å². The van der Waals surface area contributed by atoms with Crippen molar-refractivity contribution in [1.29, 1.82) is 0 Å². The molecule has 0 saturated carbocycles. The number of hydrogen-bond acceptors (Lipinski definition) is 5. The van der Waals surface area contributed by atoms with E-state index >= 15 is 0 Å². The molecular formula is C21H23N5O2. The van der Waals surface area contributed by atoms with Crippen LogP contribution in [0.5, 0.6) is 0 Å². The van der Waals surface area contributed by atoms with Crippen LogP contribution in [0.4, 0.5) is 0 Å². The van der Waals surface area contributed by atoms with Gasteiger partial charge in [-0.25, -0.2) is 4.79 Å². The second-order valence-corrected chi connectivity index (χ2v) is 6.91. The Hall–Kier alpha value is -3.06. The first kappa shape index (κ1) is 18.3. The highest BCUT2D eigenvalue weighted by Gasteiger charge is 2.27. The third-order valence-electron chi connectivity index (χ3n) is 5.06. The third-order valence-corrected chi connectivity index (χ3v) is 5.06. The highest BCUT2D eigenvalue weighted by Crippen LogP contribution is 2.34. The van der Waals surface area contributed by atoms with Gasteiger partial charge in [0.2, 0.25) is 0 Å². The van der Waals surface area contributed by atoms with Crippen LogP contribution in [0.2, 0.25) is 0 Å². The zero-order valence-corrected chi connectivity index (χ0v) is 15.6. The SMILES string of the molecule is O=C(O)c1c2c(nn1CCCNCCc1ccccn1)-c1ccncc1CC2. The highest BCUT2D eigenvalue weighted by atomic mass is 16.4. The first-order chi connectivity index (χ1) is 13.7. The normalized spacial score (nSPS) is 12.4. The highest BCUT2D eigenvalue weighted by molar-refractivity contribution is 5.90. The average Bonchev–Trinajstić information content (AvgIpc) is 3.10. The van der Waals surface area contributed by atoms with Crippen LogP contribution in [0.25, 0.3) is 11.3 Å². The second kappa shape index (κ2) is 8.31. The van der Waals surface area contributed by atoms with E-state index < -0.39 is 5.97 Å². The minimum absolute atomic E-state index is 0.325. The minimum Gasteiger partial charge on any atom is -0.477 e. The lowest BCUT2D eigenvalue weighted by atomic mass is 9.90. The Balaban J connectivity index is 1.39. The molecule has 7 heteroatoms. The van der Waals surface area contributed by atoms with Gasteiger partial charge in [0.1, 0.15) is 5.69 Å². The first-order valence-electron chi connectivity index (χ1n) is 9.61. The van der Waals surface area contributed by atoms with Crippen LogP contribution in [0.3, 0.4) is 0 Å². The van der Waals surface area contributed by atoms with Crippen molar-refractivity contribution in [3.8, 4) is 11.3 Å². The smallest absolute Gasteiger partial charge is 0.354 e. The zero-order valence-electron chi connectivity index (χ0n) is 15.6. The summed E-state index contributed by atoms with van der Waals surface area (Å²) in [5.74, 6) is -0.908. The molecule has 2 N–H and O–H groups in total. The van der Waals surface area contributed by atoms with Gasteiger partial charge in [-0.2, -0.15) is 5.10 Å². The Morgan fingerprint density at radius 2 is 2.11 bits per heavy atom. The van der Waals surface area contributed by atoms with Crippen LogP contribution in [-0.2, 0) is 25.8 Å². The quantitative estimate of drug-likeness (QED) is 0.586. The van der Waals surface area contributed by atoms with E-state index in [0.29, 0.717) is 18.7 Å². The van der Waals surface area contributed by atoms with Gasteiger partial charge in [0.05, 0.1) is 5.69 Å². The molecule has 0 unspecified atom stereocenters. The van der Waals surface area contributed by atoms with E-state index in [1.165, 1.54) is 0 Å². The summed E-state index contributed by atoms with van der Waals surface area (Å²) in [6.45, 7) is 2.22. The van der Waals surface area contributed by atoms with Gasteiger partial charge in [0, 0.05) is 54.9 Å². The predicted molar refractivity (Wildman–Crippen MR) is 105 cm³/mol. The molecule has 0 fully saturated rings. The van der Waals surface area contributed by atoms with Gasteiger partial charge in [-0.05, 0) is 49.6 Å². The number of aromatic nitrogens is 4. The van der Waals surface area contributed by atoms with Crippen LogP contribution in [0.1, 0.15) is 33.7 Å². The molecule has 3 aromatic rings. The molecule has 0 aliphatic heterocycles. The van der Waals surface area contributed by atoms with Crippen molar-refractivity contribution in [1.82, 2.24) is 25.1 Å². The van der Waals surface area contributed by atoms with Crippen molar-refractivity contribution >= 4 is 5.97 Å². The second-order valence-electron chi connectivity index (χ2n) is 6.91. The summed E-state index contributed by atoms with van der Waals surface area (Å²) >= 11 is 0. The molecule has 144 valence electrons. The van der Waals surface area contributed by atoms with E-state index in [1.807, 2.05) is 30.5 Å². The maximum Gasteiger partial charge on any atom is 0.354 e. The number of carboxylic acids is 1. The van der Waals surface area contributed by atoms with Gasteiger partial charge >= 0.3 is 5.97 Å². The van der Waals surface area contributed by atoms with Crippen molar-refractivity contribution in [3.63, 3.8) is 0 Å². The molecule has 0 saturated heterocycles. The number of nitrogens with one attached hydrogen (secondary N) is 1. The summed E-state index contributed by atoms with van der Waals surface area (Å²) in [4.78, 5) is 20.3. The molecule has 7 nitrogen and oxygen atoms in total. The summed E-state index contributed by atoms with van der Waals surface area (Å²) in [5, 5.41) is 17.8. The average molecular weight is 377 g/mol. The Labute approximate surface area is 163 Å². The lowest BCUT2D eigenvalue weighted by Crippen LogP contribution is -2.21. The van der Waals surface area contributed by atoms with Crippen LogP contribution in [0, 0.1) is 0 Å². The van der Waals surface area contributed by atoms with Crippen molar-refractivity contribution in [2.45, 2.75) is 32.2 Å². The van der Waals surface area contributed by atoms with Crippen molar-refractivity contribution in [2.24, 2.45) is 0 Å². The van der Waals surface area contributed by atoms with Crippen LogP contribution in [-0.4, -0.2) is 43.9 Å². The molecule has 3 aromatic heterocycles. The maximum absolute atomic E-state index is 11.9. The summed E-state index contributed by atoms with van der Waals surface area (Å²) in [5.41, 5.74) is 5.17. The van der Waals surface area contributed by atoms with Crippen LogP contribution < -0.4 is 5.32 Å². The standard InChI is InChI=1S/C21H23N5O2/c27-21(28)20-18-6-5-15-14-23-12-8-17(15)19(18)25-26(20)13-3-9-22-11-7-16-4-1-2-10-24-16/h1-2,4,8,10,12,14,22H,3,5-7,9,11,13H2,(H,27,28). The molecule has 0 radical (unpaired) electrons. The Bertz CT molecular complexity index is 968. The molecule has 3 heterocycles. The minimum atomic E-state index is -0.908. The molecule has 0 spiro atoms. The van der Waals surface area contributed by atoms with E-state index in [2.05, 4.69) is 20.4 Å². The van der Waals surface area contributed by atoms with E-state index in [4.69, 9.17) is 0 Å². The topological polar surface area (TPSA) is 92.9 Å². The molecule has 0 aromatic carbocycles. The molecule has 0 amide bonds. The Morgan fingerprint density at radius 3 is 2.93 bits per heavy atom. The van der Waals surface area contributed by atoms with E-state index in [0.717, 1.165) is 60.4 Å². The predicted octanol–water partition coefficient (Wildman–Crippen LogP) is 2.36. The van der Waals surface area contributed by atoms with E-state index in [1.54, 1.807) is 17.1 Å². The fraction of sp³-hybridized carbons (Fsp3) is 0.333. The molecule has 28 heavy (non-hydrogen) atoms.